The number of nitrogens with one attached hydrogen (secondary N) is 2. The molecule has 0 radical (unpaired) electrons. The Bertz CT molecular complexity index is 541. The molecule has 0 aromatic heterocycles. The predicted octanol–water partition coefficient (Wildman–Crippen LogP) is 0.584. The maximum atomic E-state index is 11.7. The van der Waals surface area contributed by atoms with Crippen molar-refractivity contribution in [1.29, 1.82) is 0 Å². The molecule has 0 bridgehead atoms. The van der Waals surface area contributed by atoms with Crippen LogP contribution in [0.2, 0.25) is 0 Å². The standard InChI is InChI=1S/C16H23N3O4/c1-11(17)3-8-14(20)19-13-6-4-12(5-7-13)9-15(21)18-10-16(22)23-2/h4-7,11H,3,8-10,17H2,1-2H3,(H,18,21)(H,19,20). The average molecular weight is 321 g/mol. The molecule has 1 rings (SSSR count). The van der Waals surface area contributed by atoms with Gasteiger partial charge in [0.25, 0.3) is 0 Å². The molecule has 0 saturated carbocycles. The first-order valence-electron chi connectivity index (χ1n) is 7.38. The Morgan fingerprint density at radius 2 is 1.83 bits per heavy atom. The van der Waals surface area contributed by atoms with Crippen molar-refractivity contribution in [3.63, 3.8) is 0 Å². The Morgan fingerprint density at radius 1 is 1.17 bits per heavy atom. The molecular formula is C16H23N3O4. The zero-order valence-corrected chi connectivity index (χ0v) is 13.4. The van der Waals surface area contributed by atoms with Crippen LogP contribution in [0.25, 0.3) is 0 Å². The van der Waals surface area contributed by atoms with E-state index in [1.807, 2.05) is 6.92 Å². The van der Waals surface area contributed by atoms with Crippen LogP contribution in [0.1, 0.15) is 25.3 Å². The van der Waals surface area contributed by atoms with E-state index in [1.54, 1.807) is 24.3 Å². The third-order valence-corrected chi connectivity index (χ3v) is 3.09. The van der Waals surface area contributed by atoms with Gasteiger partial charge in [0.05, 0.1) is 13.5 Å². The minimum Gasteiger partial charge on any atom is -0.468 e. The molecule has 0 saturated heterocycles. The van der Waals surface area contributed by atoms with Crippen molar-refractivity contribution in [2.24, 2.45) is 5.73 Å². The number of esters is 1. The van der Waals surface area contributed by atoms with Crippen molar-refractivity contribution in [1.82, 2.24) is 5.32 Å². The molecule has 1 unspecified atom stereocenters. The predicted molar refractivity (Wildman–Crippen MR) is 86.7 cm³/mol. The largest absolute Gasteiger partial charge is 0.468 e. The second-order valence-corrected chi connectivity index (χ2v) is 5.29. The summed E-state index contributed by atoms with van der Waals surface area (Å²) in [5, 5.41) is 5.23. The Balaban J connectivity index is 2.42. The Kier molecular flexibility index (Phi) is 7.76. The van der Waals surface area contributed by atoms with Gasteiger partial charge in [0, 0.05) is 18.2 Å². The Morgan fingerprint density at radius 3 is 2.39 bits per heavy atom. The number of amides is 2. The van der Waals surface area contributed by atoms with E-state index in [-0.39, 0.29) is 30.8 Å². The lowest BCUT2D eigenvalue weighted by atomic mass is 10.1. The van der Waals surface area contributed by atoms with Crippen molar-refractivity contribution in [3.05, 3.63) is 29.8 Å². The fourth-order valence-electron chi connectivity index (χ4n) is 1.78. The van der Waals surface area contributed by atoms with Gasteiger partial charge >= 0.3 is 5.97 Å². The molecule has 23 heavy (non-hydrogen) atoms. The normalized spacial score (nSPS) is 11.4. The maximum Gasteiger partial charge on any atom is 0.325 e. The highest BCUT2D eigenvalue weighted by Crippen LogP contribution is 2.11. The highest BCUT2D eigenvalue weighted by molar-refractivity contribution is 5.90. The van der Waals surface area contributed by atoms with Crippen molar-refractivity contribution in [2.75, 3.05) is 19.0 Å². The quantitative estimate of drug-likeness (QED) is 0.607. The number of methoxy groups -OCH3 is 1. The summed E-state index contributed by atoms with van der Waals surface area (Å²) in [7, 11) is 1.26. The Labute approximate surface area is 135 Å². The second-order valence-electron chi connectivity index (χ2n) is 5.29. The van der Waals surface area contributed by atoms with Crippen molar-refractivity contribution in [3.8, 4) is 0 Å². The topological polar surface area (TPSA) is 111 Å². The number of hydrogen-bond donors (Lipinski definition) is 3. The second kappa shape index (κ2) is 9.58. The first kappa shape index (κ1) is 18.6. The van der Waals surface area contributed by atoms with E-state index in [2.05, 4.69) is 15.4 Å². The lowest BCUT2D eigenvalue weighted by Crippen LogP contribution is -2.31. The first-order valence-corrected chi connectivity index (χ1v) is 7.38. The number of carbonyl (C=O) groups is 3. The average Bonchev–Trinajstić information content (AvgIpc) is 2.52. The fourth-order valence-corrected chi connectivity index (χ4v) is 1.78. The third-order valence-electron chi connectivity index (χ3n) is 3.09. The van der Waals surface area contributed by atoms with Gasteiger partial charge in [0.2, 0.25) is 11.8 Å². The van der Waals surface area contributed by atoms with Crippen molar-refractivity contribution >= 4 is 23.5 Å². The maximum absolute atomic E-state index is 11.7. The van der Waals surface area contributed by atoms with Gasteiger partial charge in [-0.2, -0.15) is 0 Å². The molecule has 1 aromatic rings. The molecule has 7 heteroatoms. The monoisotopic (exact) mass is 321 g/mol. The highest BCUT2D eigenvalue weighted by Gasteiger charge is 2.07. The van der Waals surface area contributed by atoms with Gasteiger partial charge < -0.3 is 21.1 Å². The summed E-state index contributed by atoms with van der Waals surface area (Å²) >= 11 is 0. The molecule has 0 aliphatic heterocycles. The zero-order valence-electron chi connectivity index (χ0n) is 13.4. The lowest BCUT2D eigenvalue weighted by Gasteiger charge is -2.08. The summed E-state index contributed by atoms with van der Waals surface area (Å²) in [4.78, 5) is 34.3. The molecule has 2 amide bonds. The van der Waals surface area contributed by atoms with Gasteiger partial charge in [-0.05, 0) is 31.0 Å². The number of rotatable bonds is 8. The summed E-state index contributed by atoms with van der Waals surface area (Å²) < 4.78 is 4.44. The lowest BCUT2D eigenvalue weighted by molar-refractivity contribution is -0.141. The van der Waals surface area contributed by atoms with Gasteiger partial charge in [-0.1, -0.05) is 12.1 Å². The smallest absolute Gasteiger partial charge is 0.325 e. The number of benzene rings is 1. The van der Waals surface area contributed by atoms with Crippen LogP contribution in [0.4, 0.5) is 5.69 Å². The van der Waals surface area contributed by atoms with Crippen LogP contribution in [-0.4, -0.2) is 37.5 Å². The van der Waals surface area contributed by atoms with Crippen LogP contribution in [0.5, 0.6) is 0 Å². The first-order chi connectivity index (χ1) is 10.9. The number of carbonyl (C=O) groups excluding carboxylic acids is 3. The van der Waals surface area contributed by atoms with Crippen molar-refractivity contribution < 1.29 is 19.1 Å². The summed E-state index contributed by atoms with van der Waals surface area (Å²) in [6, 6.07) is 6.95. The van der Waals surface area contributed by atoms with Crippen LogP contribution in [0.3, 0.4) is 0 Å². The molecule has 0 spiro atoms. The Hall–Kier alpha value is -2.41. The SMILES string of the molecule is COC(=O)CNC(=O)Cc1ccc(NC(=O)CCC(C)N)cc1. The van der Waals surface area contributed by atoms with E-state index >= 15 is 0 Å². The van der Waals surface area contributed by atoms with Crippen LogP contribution in [0, 0.1) is 0 Å². The van der Waals surface area contributed by atoms with Gasteiger partial charge in [-0.3, -0.25) is 14.4 Å². The molecule has 7 nitrogen and oxygen atoms in total. The van der Waals surface area contributed by atoms with Gasteiger partial charge in [-0.15, -0.1) is 0 Å². The third kappa shape index (κ3) is 7.96. The summed E-state index contributed by atoms with van der Waals surface area (Å²) in [6.45, 7) is 1.70. The zero-order chi connectivity index (χ0) is 17.2. The number of ether oxygens (including phenoxy) is 1. The fraction of sp³-hybridized carbons (Fsp3) is 0.438. The van der Waals surface area contributed by atoms with E-state index in [0.717, 1.165) is 5.56 Å². The van der Waals surface area contributed by atoms with E-state index in [9.17, 15) is 14.4 Å². The molecular weight excluding hydrogens is 298 g/mol. The molecule has 0 fully saturated rings. The summed E-state index contributed by atoms with van der Waals surface area (Å²) in [5.74, 6) is -0.863. The van der Waals surface area contributed by atoms with Crippen LogP contribution < -0.4 is 16.4 Å². The highest BCUT2D eigenvalue weighted by atomic mass is 16.5. The van der Waals surface area contributed by atoms with Gasteiger partial charge in [0.1, 0.15) is 6.54 Å². The molecule has 1 aromatic carbocycles. The number of nitrogens with two attached hydrogens (primary N) is 1. The van der Waals surface area contributed by atoms with Crippen LogP contribution >= 0.6 is 0 Å². The van der Waals surface area contributed by atoms with E-state index in [0.29, 0.717) is 18.5 Å². The number of anilines is 1. The summed E-state index contributed by atoms with van der Waals surface area (Å²) in [6.07, 6.45) is 1.15. The van der Waals surface area contributed by atoms with E-state index in [4.69, 9.17) is 5.73 Å². The molecule has 0 heterocycles. The van der Waals surface area contributed by atoms with E-state index in [1.165, 1.54) is 7.11 Å². The van der Waals surface area contributed by atoms with Gasteiger partial charge in [-0.25, -0.2) is 0 Å². The minimum atomic E-state index is -0.497. The minimum absolute atomic E-state index is 0.00775. The number of hydrogen-bond acceptors (Lipinski definition) is 5. The van der Waals surface area contributed by atoms with Gasteiger partial charge in [0.15, 0.2) is 0 Å². The van der Waals surface area contributed by atoms with E-state index < -0.39 is 5.97 Å². The molecule has 0 aliphatic rings. The van der Waals surface area contributed by atoms with Crippen LogP contribution in [-0.2, 0) is 25.5 Å². The molecule has 126 valence electrons. The molecule has 4 N–H and O–H groups in total. The van der Waals surface area contributed by atoms with Crippen molar-refractivity contribution in [2.45, 2.75) is 32.2 Å². The molecule has 1 atom stereocenters. The summed E-state index contributed by atoms with van der Waals surface area (Å²) in [5.41, 5.74) is 7.05. The molecule has 0 aliphatic carbocycles. The van der Waals surface area contributed by atoms with Crippen LogP contribution in [0.15, 0.2) is 24.3 Å².